The van der Waals surface area contributed by atoms with Crippen molar-refractivity contribution in [1.29, 1.82) is 0 Å². The number of nitrogens with zero attached hydrogens (tertiary/aromatic N) is 1. The van der Waals surface area contributed by atoms with Gasteiger partial charge in [0.25, 0.3) is 0 Å². The first-order chi connectivity index (χ1) is 10.5. The molecule has 9 heteroatoms. The molecule has 1 aromatic rings. The van der Waals surface area contributed by atoms with Gasteiger partial charge in [-0.25, -0.2) is 22.5 Å². The first-order valence-electron chi connectivity index (χ1n) is 7.21. The fraction of sp³-hybridized carbons (Fsp3) is 0.500. The standard InChI is InChI=1S/C14H23FN4O2S.HI/c1-3-16-14(17-9-10-19-22(20,21)4-2)18-11-12-7-5-6-8-13(12)15;/h5-8,19H,3-4,9-11H2,1-2H3,(H2,16,17,18);1H. The molecule has 0 spiro atoms. The molecule has 0 bridgehead atoms. The van der Waals surface area contributed by atoms with E-state index in [0.717, 1.165) is 0 Å². The summed E-state index contributed by atoms with van der Waals surface area (Å²) < 4.78 is 38.6. The number of halogens is 2. The van der Waals surface area contributed by atoms with Crippen LogP contribution in [0.25, 0.3) is 0 Å². The number of benzene rings is 1. The molecule has 23 heavy (non-hydrogen) atoms. The zero-order chi connectivity index (χ0) is 16.4. The lowest BCUT2D eigenvalue weighted by atomic mass is 10.2. The molecule has 0 radical (unpaired) electrons. The summed E-state index contributed by atoms with van der Waals surface area (Å²) in [4.78, 5) is 4.28. The molecule has 0 aliphatic carbocycles. The van der Waals surface area contributed by atoms with Crippen LogP contribution in [-0.4, -0.2) is 39.8 Å². The van der Waals surface area contributed by atoms with E-state index in [0.29, 0.717) is 24.6 Å². The maximum absolute atomic E-state index is 13.5. The molecule has 0 amide bonds. The van der Waals surface area contributed by atoms with Crippen LogP contribution in [0.4, 0.5) is 4.39 Å². The number of guanidine groups is 1. The summed E-state index contributed by atoms with van der Waals surface area (Å²) in [5.41, 5.74) is 0.506. The molecule has 0 saturated heterocycles. The molecule has 0 aromatic heterocycles. The number of sulfonamides is 1. The average molecular weight is 458 g/mol. The van der Waals surface area contributed by atoms with Crippen LogP contribution in [-0.2, 0) is 16.6 Å². The van der Waals surface area contributed by atoms with Crippen LogP contribution in [0.1, 0.15) is 19.4 Å². The molecule has 0 heterocycles. The van der Waals surface area contributed by atoms with Crippen LogP contribution >= 0.6 is 24.0 Å². The van der Waals surface area contributed by atoms with Crippen LogP contribution in [0, 0.1) is 5.82 Å². The summed E-state index contributed by atoms with van der Waals surface area (Å²) in [6.07, 6.45) is 0. The second-order valence-electron chi connectivity index (χ2n) is 4.51. The second-order valence-corrected chi connectivity index (χ2v) is 6.61. The topological polar surface area (TPSA) is 82.6 Å². The van der Waals surface area contributed by atoms with E-state index in [2.05, 4.69) is 20.3 Å². The minimum Gasteiger partial charge on any atom is -0.357 e. The fourth-order valence-corrected chi connectivity index (χ4v) is 2.24. The highest BCUT2D eigenvalue weighted by atomic mass is 127. The van der Waals surface area contributed by atoms with Gasteiger partial charge in [0.15, 0.2) is 5.96 Å². The molecule has 0 saturated carbocycles. The Kier molecular flexibility index (Phi) is 11.1. The number of rotatable bonds is 8. The first kappa shape index (κ1) is 22.1. The Morgan fingerprint density at radius 3 is 2.48 bits per heavy atom. The van der Waals surface area contributed by atoms with E-state index >= 15 is 0 Å². The van der Waals surface area contributed by atoms with Gasteiger partial charge in [-0.2, -0.15) is 0 Å². The molecule has 3 N–H and O–H groups in total. The van der Waals surface area contributed by atoms with Crippen molar-refractivity contribution < 1.29 is 12.8 Å². The van der Waals surface area contributed by atoms with Crippen molar-refractivity contribution >= 4 is 40.0 Å². The summed E-state index contributed by atoms with van der Waals surface area (Å²) in [7, 11) is -3.19. The van der Waals surface area contributed by atoms with Gasteiger partial charge in [-0.15, -0.1) is 24.0 Å². The monoisotopic (exact) mass is 458 g/mol. The van der Waals surface area contributed by atoms with E-state index in [-0.39, 0.29) is 48.6 Å². The second kappa shape index (κ2) is 11.6. The van der Waals surface area contributed by atoms with Crippen molar-refractivity contribution in [2.45, 2.75) is 20.4 Å². The van der Waals surface area contributed by atoms with Gasteiger partial charge in [0.05, 0.1) is 12.3 Å². The van der Waals surface area contributed by atoms with Gasteiger partial charge in [-0.1, -0.05) is 18.2 Å². The smallest absolute Gasteiger partial charge is 0.211 e. The summed E-state index contributed by atoms with van der Waals surface area (Å²) in [5.74, 6) is 0.272. The Morgan fingerprint density at radius 2 is 1.87 bits per heavy atom. The molecular formula is C14H24FIN4O2S. The third-order valence-corrected chi connectivity index (χ3v) is 4.23. The van der Waals surface area contributed by atoms with E-state index in [9.17, 15) is 12.8 Å². The number of nitrogens with one attached hydrogen (secondary N) is 3. The summed E-state index contributed by atoms with van der Waals surface area (Å²) in [5, 5.41) is 6.02. The number of aliphatic imine (C=N–C) groups is 1. The lowest BCUT2D eigenvalue weighted by Crippen LogP contribution is -2.41. The largest absolute Gasteiger partial charge is 0.357 e. The van der Waals surface area contributed by atoms with Crippen molar-refractivity contribution in [2.75, 3.05) is 25.4 Å². The highest BCUT2D eigenvalue weighted by molar-refractivity contribution is 14.0. The van der Waals surface area contributed by atoms with Gasteiger partial charge < -0.3 is 10.6 Å². The molecule has 0 aliphatic heterocycles. The predicted octanol–water partition coefficient (Wildman–Crippen LogP) is 1.44. The third kappa shape index (κ3) is 9.06. The first-order valence-corrected chi connectivity index (χ1v) is 8.86. The molecule has 1 aromatic carbocycles. The van der Waals surface area contributed by atoms with Crippen LogP contribution in [0.2, 0.25) is 0 Å². The van der Waals surface area contributed by atoms with E-state index in [1.807, 2.05) is 6.92 Å². The molecule has 0 unspecified atom stereocenters. The van der Waals surface area contributed by atoms with Crippen molar-refractivity contribution in [2.24, 2.45) is 4.99 Å². The Morgan fingerprint density at radius 1 is 1.17 bits per heavy atom. The molecule has 0 fully saturated rings. The predicted molar refractivity (Wildman–Crippen MR) is 102 cm³/mol. The lowest BCUT2D eigenvalue weighted by molar-refractivity contribution is 0.581. The van der Waals surface area contributed by atoms with Crippen molar-refractivity contribution in [3.63, 3.8) is 0 Å². The Balaban J connectivity index is 0.00000484. The molecule has 6 nitrogen and oxygen atoms in total. The lowest BCUT2D eigenvalue weighted by Gasteiger charge is -2.12. The maximum atomic E-state index is 13.5. The van der Waals surface area contributed by atoms with Crippen molar-refractivity contribution in [3.05, 3.63) is 35.6 Å². The molecule has 0 atom stereocenters. The Bertz CT molecular complexity index is 596. The molecular weight excluding hydrogens is 434 g/mol. The highest BCUT2D eigenvalue weighted by Gasteiger charge is 2.05. The normalized spacial score (nSPS) is 11.7. The van der Waals surface area contributed by atoms with Crippen LogP contribution in [0.15, 0.2) is 29.3 Å². The van der Waals surface area contributed by atoms with E-state index in [1.54, 1.807) is 25.1 Å². The van der Waals surface area contributed by atoms with Gasteiger partial charge in [0.1, 0.15) is 5.82 Å². The Labute approximate surface area is 154 Å². The Hall–Kier alpha value is -0.940. The summed E-state index contributed by atoms with van der Waals surface area (Å²) in [6, 6.07) is 6.46. The van der Waals surface area contributed by atoms with Gasteiger partial charge in [0, 0.05) is 25.2 Å². The van der Waals surface area contributed by atoms with Crippen molar-refractivity contribution in [1.82, 2.24) is 15.4 Å². The van der Waals surface area contributed by atoms with Crippen molar-refractivity contribution in [3.8, 4) is 0 Å². The van der Waals surface area contributed by atoms with Crippen LogP contribution in [0.5, 0.6) is 0 Å². The van der Waals surface area contributed by atoms with Crippen LogP contribution < -0.4 is 15.4 Å². The SMILES string of the molecule is CCNC(=NCc1ccccc1F)NCCNS(=O)(=O)CC.I. The summed E-state index contributed by atoms with van der Waals surface area (Å²) in [6.45, 7) is 5.02. The van der Waals surface area contributed by atoms with Gasteiger partial charge >= 0.3 is 0 Å². The summed E-state index contributed by atoms with van der Waals surface area (Å²) >= 11 is 0. The molecule has 132 valence electrons. The maximum Gasteiger partial charge on any atom is 0.211 e. The molecule has 1 rings (SSSR count). The fourth-order valence-electron chi connectivity index (χ4n) is 1.62. The quantitative estimate of drug-likeness (QED) is 0.238. The zero-order valence-corrected chi connectivity index (χ0v) is 16.4. The van der Waals surface area contributed by atoms with Gasteiger partial charge in [-0.3, -0.25) is 0 Å². The van der Waals surface area contributed by atoms with Gasteiger partial charge in [0.2, 0.25) is 10.0 Å². The average Bonchev–Trinajstić information content (AvgIpc) is 2.50. The third-order valence-electron chi connectivity index (χ3n) is 2.83. The van der Waals surface area contributed by atoms with E-state index in [4.69, 9.17) is 0 Å². The number of hydrogen-bond donors (Lipinski definition) is 3. The van der Waals surface area contributed by atoms with Crippen LogP contribution in [0.3, 0.4) is 0 Å². The van der Waals surface area contributed by atoms with E-state index < -0.39 is 10.0 Å². The minimum atomic E-state index is -3.19. The molecule has 0 aliphatic rings. The number of hydrogen-bond acceptors (Lipinski definition) is 3. The minimum absolute atomic E-state index is 0. The highest BCUT2D eigenvalue weighted by Crippen LogP contribution is 2.07. The van der Waals surface area contributed by atoms with Gasteiger partial charge in [-0.05, 0) is 19.9 Å². The van der Waals surface area contributed by atoms with E-state index in [1.165, 1.54) is 6.07 Å². The zero-order valence-electron chi connectivity index (χ0n) is 13.3.